The van der Waals surface area contributed by atoms with Gasteiger partial charge in [-0.25, -0.2) is 0 Å². The van der Waals surface area contributed by atoms with E-state index in [2.05, 4.69) is 0 Å². The van der Waals surface area contributed by atoms with Crippen LogP contribution in [-0.2, 0) is 5.21 Å². The van der Waals surface area contributed by atoms with Crippen molar-refractivity contribution in [3.8, 4) is 12.1 Å². The number of rotatable bonds is 2. The van der Waals surface area contributed by atoms with E-state index in [9.17, 15) is 5.21 Å². The van der Waals surface area contributed by atoms with Gasteiger partial charge in [-0.05, 0) is 34.6 Å². The molecule has 0 heterocycles. The lowest BCUT2D eigenvalue weighted by Gasteiger charge is -2.35. The molecule has 0 aliphatic rings. The van der Waals surface area contributed by atoms with Crippen molar-refractivity contribution in [3.63, 3.8) is 0 Å². The average Bonchev–Trinajstić information content (AvgIpc) is 2.03. The molecule has 0 bridgehead atoms. The van der Waals surface area contributed by atoms with Crippen LogP contribution in [0.3, 0.4) is 0 Å². The van der Waals surface area contributed by atoms with Gasteiger partial charge in [-0.2, -0.15) is 10.5 Å². The third kappa shape index (κ3) is 2.70. The summed E-state index contributed by atoms with van der Waals surface area (Å²) in [5.74, 6) is 0. The summed E-state index contributed by atoms with van der Waals surface area (Å²) in [7, 11) is 0. The van der Waals surface area contributed by atoms with Gasteiger partial charge >= 0.3 is 0 Å². The highest BCUT2D eigenvalue weighted by molar-refractivity contribution is 5.10. The van der Waals surface area contributed by atoms with Crippen molar-refractivity contribution in [2.75, 3.05) is 0 Å². The molecule has 0 aromatic heterocycles. The van der Waals surface area contributed by atoms with Crippen molar-refractivity contribution in [3.05, 3.63) is 0 Å². The first-order valence-corrected chi connectivity index (χ1v) is 4.44. The molecule has 0 aromatic carbocycles. The van der Waals surface area contributed by atoms with E-state index in [0.29, 0.717) is 5.06 Å². The summed E-state index contributed by atoms with van der Waals surface area (Å²) in [5.41, 5.74) is -1.61. The topological polar surface area (TPSA) is 70.7 Å². The molecular formula is C10H16N3O. The van der Waals surface area contributed by atoms with Gasteiger partial charge < -0.3 is 0 Å². The lowest BCUT2D eigenvalue weighted by Crippen LogP contribution is -2.50. The SMILES string of the molecule is CC(C)(C#N)C(C#N)N([O])C(C)(C)C. The first-order chi connectivity index (χ1) is 6.16. The smallest absolute Gasteiger partial charge is 0.143 e. The van der Waals surface area contributed by atoms with Crippen LogP contribution < -0.4 is 0 Å². The number of nitrogens with zero attached hydrogens (tertiary/aromatic N) is 3. The van der Waals surface area contributed by atoms with Crippen molar-refractivity contribution >= 4 is 0 Å². The highest BCUT2D eigenvalue weighted by Gasteiger charge is 2.40. The van der Waals surface area contributed by atoms with Crippen LogP contribution in [-0.4, -0.2) is 16.6 Å². The van der Waals surface area contributed by atoms with E-state index in [-0.39, 0.29) is 0 Å². The summed E-state index contributed by atoms with van der Waals surface area (Å²) < 4.78 is 0. The average molecular weight is 194 g/mol. The van der Waals surface area contributed by atoms with Crippen LogP contribution >= 0.6 is 0 Å². The third-order valence-corrected chi connectivity index (χ3v) is 1.99. The summed E-state index contributed by atoms with van der Waals surface area (Å²) in [6.07, 6.45) is 0. The van der Waals surface area contributed by atoms with Crippen LogP contribution in [0.4, 0.5) is 0 Å². The van der Waals surface area contributed by atoms with Gasteiger partial charge in [0.1, 0.15) is 6.04 Å². The van der Waals surface area contributed by atoms with E-state index in [1.54, 1.807) is 34.6 Å². The zero-order valence-corrected chi connectivity index (χ0v) is 9.33. The van der Waals surface area contributed by atoms with Gasteiger partial charge in [0.2, 0.25) is 0 Å². The highest BCUT2D eigenvalue weighted by atomic mass is 16.5. The molecule has 0 N–H and O–H groups in total. The van der Waals surface area contributed by atoms with Crippen LogP contribution in [0.25, 0.3) is 0 Å². The van der Waals surface area contributed by atoms with E-state index in [4.69, 9.17) is 10.5 Å². The Morgan fingerprint density at radius 1 is 1.14 bits per heavy atom. The molecule has 0 fully saturated rings. The minimum absolute atomic E-state index is 0.658. The zero-order chi connectivity index (χ0) is 11.6. The Bertz CT molecular complexity index is 277. The molecule has 0 rings (SSSR count). The molecular weight excluding hydrogens is 178 g/mol. The molecule has 0 aliphatic carbocycles. The monoisotopic (exact) mass is 194 g/mol. The summed E-state index contributed by atoms with van der Waals surface area (Å²) in [6, 6.07) is 2.93. The van der Waals surface area contributed by atoms with Crippen molar-refractivity contribution in [2.45, 2.75) is 46.2 Å². The van der Waals surface area contributed by atoms with E-state index in [1.807, 2.05) is 12.1 Å². The molecule has 1 radical (unpaired) electrons. The third-order valence-electron chi connectivity index (χ3n) is 1.99. The van der Waals surface area contributed by atoms with Crippen LogP contribution in [0.1, 0.15) is 34.6 Å². The van der Waals surface area contributed by atoms with E-state index in [0.717, 1.165) is 0 Å². The lowest BCUT2D eigenvalue weighted by molar-refractivity contribution is -0.240. The minimum Gasteiger partial charge on any atom is -0.198 e. The Morgan fingerprint density at radius 3 is 1.79 bits per heavy atom. The first-order valence-electron chi connectivity index (χ1n) is 4.44. The summed E-state index contributed by atoms with van der Waals surface area (Å²) in [5, 5.41) is 30.2. The van der Waals surface area contributed by atoms with Crippen molar-refractivity contribution in [2.24, 2.45) is 5.41 Å². The fourth-order valence-electron chi connectivity index (χ4n) is 0.955. The normalized spacial score (nSPS) is 14.6. The molecule has 0 amide bonds. The Balaban J connectivity index is 4.98. The molecule has 0 saturated heterocycles. The molecule has 0 aromatic rings. The second kappa shape index (κ2) is 3.96. The van der Waals surface area contributed by atoms with E-state index >= 15 is 0 Å². The van der Waals surface area contributed by atoms with Gasteiger partial charge in [0.25, 0.3) is 0 Å². The highest BCUT2D eigenvalue weighted by Crippen LogP contribution is 2.27. The van der Waals surface area contributed by atoms with Crippen molar-refractivity contribution in [1.82, 2.24) is 5.06 Å². The fraction of sp³-hybridized carbons (Fsp3) is 0.800. The molecule has 14 heavy (non-hydrogen) atoms. The Morgan fingerprint density at radius 2 is 1.57 bits per heavy atom. The lowest BCUT2D eigenvalue weighted by atomic mass is 9.85. The fourth-order valence-corrected chi connectivity index (χ4v) is 0.955. The Hall–Kier alpha value is -1.10. The number of nitriles is 2. The minimum atomic E-state index is -0.955. The number of hydrogen-bond acceptors (Lipinski definition) is 3. The molecule has 1 atom stereocenters. The molecule has 77 valence electrons. The summed E-state index contributed by atoms with van der Waals surface area (Å²) in [6.45, 7) is 8.35. The maximum absolute atomic E-state index is 11.7. The summed E-state index contributed by atoms with van der Waals surface area (Å²) in [4.78, 5) is 0. The first kappa shape index (κ1) is 12.9. The predicted molar refractivity (Wildman–Crippen MR) is 51.1 cm³/mol. The van der Waals surface area contributed by atoms with Crippen LogP contribution in [0.5, 0.6) is 0 Å². The Labute approximate surface area is 85.3 Å². The van der Waals surface area contributed by atoms with Crippen LogP contribution in [0, 0.1) is 28.1 Å². The molecule has 0 spiro atoms. The Kier molecular flexibility index (Phi) is 3.65. The van der Waals surface area contributed by atoms with E-state index in [1.165, 1.54) is 0 Å². The zero-order valence-electron chi connectivity index (χ0n) is 9.33. The van der Waals surface area contributed by atoms with Gasteiger partial charge in [-0.1, -0.05) is 0 Å². The number of hydrogen-bond donors (Lipinski definition) is 0. The van der Waals surface area contributed by atoms with Gasteiger partial charge in [-0.3, -0.25) is 0 Å². The molecule has 0 saturated carbocycles. The van der Waals surface area contributed by atoms with Gasteiger partial charge in [0.15, 0.2) is 0 Å². The standard InChI is InChI=1S/C10H16N3O/c1-9(2,3)13(14)8(6-11)10(4,5)7-12/h8H,1-5H3. The van der Waals surface area contributed by atoms with Crippen LogP contribution in [0.2, 0.25) is 0 Å². The van der Waals surface area contributed by atoms with Crippen LogP contribution in [0.15, 0.2) is 0 Å². The maximum Gasteiger partial charge on any atom is 0.143 e. The molecule has 4 heteroatoms. The quantitative estimate of drug-likeness (QED) is 0.630. The number of hydroxylamine groups is 2. The maximum atomic E-state index is 11.7. The molecule has 0 aliphatic heterocycles. The predicted octanol–water partition coefficient (Wildman–Crippen LogP) is 1.87. The molecule has 1 unspecified atom stereocenters. The second-order valence-electron chi connectivity index (χ2n) is 4.86. The van der Waals surface area contributed by atoms with Crippen molar-refractivity contribution < 1.29 is 5.21 Å². The largest absolute Gasteiger partial charge is 0.198 e. The second-order valence-corrected chi connectivity index (χ2v) is 4.86. The van der Waals surface area contributed by atoms with Gasteiger partial charge in [-0.15, -0.1) is 10.3 Å². The molecule has 4 nitrogen and oxygen atoms in total. The van der Waals surface area contributed by atoms with E-state index < -0.39 is 17.0 Å². The van der Waals surface area contributed by atoms with Gasteiger partial charge in [0, 0.05) is 5.54 Å². The summed E-state index contributed by atoms with van der Waals surface area (Å²) >= 11 is 0. The van der Waals surface area contributed by atoms with Crippen molar-refractivity contribution in [1.29, 1.82) is 10.5 Å². The van der Waals surface area contributed by atoms with Gasteiger partial charge in [0.05, 0.1) is 17.6 Å².